The Kier molecular flexibility index (Phi) is 7.61. The molecule has 1 aromatic carbocycles. The Morgan fingerprint density at radius 3 is 2.39 bits per heavy atom. The van der Waals surface area contributed by atoms with E-state index >= 15 is 0 Å². The number of hydrogen-bond donors (Lipinski definition) is 1. The Balaban J connectivity index is 2.15. The number of rotatable bonds is 9. The third-order valence-electron chi connectivity index (χ3n) is 4.94. The number of aromatic nitrogens is 2. The zero-order chi connectivity index (χ0) is 20.8. The van der Waals surface area contributed by atoms with Crippen LogP contribution < -0.4 is 10.1 Å². The largest absolute Gasteiger partial charge is 0.496 e. The highest BCUT2D eigenvalue weighted by Crippen LogP contribution is 2.31. The third-order valence-corrected chi connectivity index (χ3v) is 4.94. The van der Waals surface area contributed by atoms with E-state index in [1.165, 1.54) is 0 Å². The van der Waals surface area contributed by atoms with E-state index in [1.54, 1.807) is 14.0 Å². The summed E-state index contributed by atoms with van der Waals surface area (Å²) in [5.74, 6) is 2.67. The van der Waals surface area contributed by atoms with Crippen LogP contribution in [-0.4, -0.2) is 23.2 Å². The number of nitrogens with one attached hydrogen (secondary N) is 1. The average molecular weight is 388 g/mol. The predicted molar refractivity (Wildman–Crippen MR) is 109 cm³/mol. The molecular weight excluding hydrogens is 354 g/mol. The second kappa shape index (κ2) is 9.71. The van der Waals surface area contributed by atoms with Crippen molar-refractivity contribution in [1.29, 1.82) is 0 Å². The van der Waals surface area contributed by atoms with Gasteiger partial charge < -0.3 is 14.5 Å². The molecule has 0 aliphatic rings. The van der Waals surface area contributed by atoms with Gasteiger partial charge in [0.2, 0.25) is 17.7 Å². The van der Waals surface area contributed by atoms with Gasteiger partial charge in [-0.1, -0.05) is 39.8 Å². The van der Waals surface area contributed by atoms with Gasteiger partial charge >= 0.3 is 0 Å². The van der Waals surface area contributed by atoms with Gasteiger partial charge in [-0.2, -0.15) is 0 Å². The molecule has 6 heteroatoms. The highest BCUT2D eigenvalue weighted by Gasteiger charge is 2.25. The van der Waals surface area contributed by atoms with Gasteiger partial charge in [-0.25, -0.2) is 0 Å². The lowest BCUT2D eigenvalue weighted by molar-refractivity contribution is -0.122. The monoisotopic (exact) mass is 387 g/mol. The summed E-state index contributed by atoms with van der Waals surface area (Å²) >= 11 is 0. The van der Waals surface area contributed by atoms with Gasteiger partial charge in [-0.05, 0) is 48.3 Å². The summed E-state index contributed by atoms with van der Waals surface area (Å²) in [6.45, 7) is 12.3. The molecule has 1 aromatic heterocycles. The van der Waals surface area contributed by atoms with Crippen LogP contribution in [-0.2, 0) is 4.79 Å². The molecule has 0 spiro atoms. The smallest absolute Gasteiger partial charge is 0.238 e. The number of nitrogens with zero attached hydrogens (tertiary/aromatic N) is 2. The fourth-order valence-corrected chi connectivity index (χ4v) is 3.47. The molecule has 2 unspecified atom stereocenters. The van der Waals surface area contributed by atoms with E-state index in [0.717, 1.165) is 23.3 Å². The maximum absolute atomic E-state index is 12.9. The molecule has 0 aliphatic heterocycles. The van der Waals surface area contributed by atoms with E-state index < -0.39 is 0 Å². The molecule has 0 radical (unpaired) electrons. The third kappa shape index (κ3) is 5.81. The van der Waals surface area contributed by atoms with Crippen molar-refractivity contribution < 1.29 is 13.9 Å². The molecule has 2 aromatic rings. The van der Waals surface area contributed by atoms with Gasteiger partial charge in [0.25, 0.3) is 0 Å². The van der Waals surface area contributed by atoms with Crippen LogP contribution in [0.3, 0.4) is 0 Å². The van der Waals surface area contributed by atoms with E-state index in [2.05, 4.69) is 55.3 Å². The van der Waals surface area contributed by atoms with Crippen molar-refractivity contribution >= 4 is 5.91 Å². The lowest BCUT2D eigenvalue weighted by atomic mass is 9.84. The molecular formula is C22H33N3O3. The van der Waals surface area contributed by atoms with E-state index in [0.29, 0.717) is 30.0 Å². The molecule has 0 fully saturated rings. The number of carbonyl (C=O) groups is 1. The van der Waals surface area contributed by atoms with E-state index in [1.807, 2.05) is 13.0 Å². The van der Waals surface area contributed by atoms with Crippen molar-refractivity contribution in [3.63, 3.8) is 0 Å². The van der Waals surface area contributed by atoms with Crippen LogP contribution in [0.2, 0.25) is 0 Å². The first-order chi connectivity index (χ1) is 13.2. The number of ether oxygens (including phenoxy) is 1. The van der Waals surface area contributed by atoms with Crippen molar-refractivity contribution in [2.45, 2.75) is 66.3 Å². The molecule has 28 heavy (non-hydrogen) atoms. The topological polar surface area (TPSA) is 77.2 Å². The highest BCUT2D eigenvalue weighted by atomic mass is 16.5. The number of hydrogen-bond acceptors (Lipinski definition) is 5. The van der Waals surface area contributed by atoms with Crippen LogP contribution >= 0.6 is 0 Å². The van der Waals surface area contributed by atoms with E-state index in [4.69, 9.17) is 9.15 Å². The minimum atomic E-state index is -0.265. The fourth-order valence-electron chi connectivity index (χ4n) is 3.47. The number of methoxy groups -OCH3 is 1. The second-order valence-electron chi connectivity index (χ2n) is 8.19. The first kappa shape index (κ1) is 21.9. The summed E-state index contributed by atoms with van der Waals surface area (Å²) in [6.07, 6.45) is 1.16. The number of amides is 1. The molecule has 1 heterocycles. The highest BCUT2D eigenvalue weighted by molar-refractivity contribution is 5.77. The lowest BCUT2D eigenvalue weighted by Crippen LogP contribution is -2.31. The maximum Gasteiger partial charge on any atom is 0.238 e. The molecule has 2 atom stereocenters. The van der Waals surface area contributed by atoms with Crippen LogP contribution in [0.4, 0.5) is 0 Å². The van der Waals surface area contributed by atoms with Gasteiger partial charge in [0, 0.05) is 13.3 Å². The Bertz CT molecular complexity index is 783. The average Bonchev–Trinajstić information content (AvgIpc) is 3.05. The predicted octanol–water partition coefficient (Wildman–Crippen LogP) is 4.73. The molecule has 0 saturated heterocycles. The zero-order valence-corrected chi connectivity index (χ0v) is 18.1. The summed E-state index contributed by atoms with van der Waals surface area (Å²) in [6, 6.07) is 5.88. The molecule has 1 amide bonds. The van der Waals surface area contributed by atoms with Gasteiger partial charge in [-0.3, -0.25) is 4.79 Å². The second-order valence-corrected chi connectivity index (χ2v) is 8.19. The normalized spacial score (nSPS) is 13.6. The number of aryl methyl sites for hydroxylation is 2. The zero-order valence-electron chi connectivity index (χ0n) is 18.1. The molecule has 0 saturated carbocycles. The van der Waals surface area contributed by atoms with Gasteiger partial charge in [0.15, 0.2) is 0 Å². The Morgan fingerprint density at radius 2 is 1.89 bits per heavy atom. The van der Waals surface area contributed by atoms with E-state index in [-0.39, 0.29) is 17.9 Å². The van der Waals surface area contributed by atoms with Crippen LogP contribution in [0.5, 0.6) is 5.75 Å². The molecule has 1 N–H and O–H groups in total. The van der Waals surface area contributed by atoms with Gasteiger partial charge in [-0.15, -0.1) is 10.2 Å². The van der Waals surface area contributed by atoms with Gasteiger partial charge in [0.1, 0.15) is 11.8 Å². The molecule has 0 aliphatic carbocycles. The number of carbonyl (C=O) groups excluding carboxylic acids is 1. The van der Waals surface area contributed by atoms with Crippen molar-refractivity contribution in [2.75, 3.05) is 7.11 Å². The summed E-state index contributed by atoms with van der Waals surface area (Å²) < 4.78 is 10.9. The summed E-state index contributed by atoms with van der Waals surface area (Å²) in [5.41, 5.74) is 2.22. The quantitative estimate of drug-likeness (QED) is 0.673. The summed E-state index contributed by atoms with van der Waals surface area (Å²) in [4.78, 5) is 12.9. The first-order valence-electron chi connectivity index (χ1n) is 9.95. The number of benzene rings is 1. The lowest BCUT2D eigenvalue weighted by Gasteiger charge is -2.24. The standard InChI is InChI=1S/C22H33N3O3/c1-13(2)10-19(22-25-24-16(6)28-22)23-21(26)12-18(14(3)4)17-8-9-20(27-7)15(5)11-17/h8-9,11,13-14,18-19H,10,12H2,1-7H3,(H,23,26). The van der Waals surface area contributed by atoms with Crippen LogP contribution in [0.25, 0.3) is 0 Å². The molecule has 0 bridgehead atoms. The Labute approximate surface area is 168 Å². The van der Waals surface area contributed by atoms with Crippen molar-refractivity contribution in [3.8, 4) is 5.75 Å². The Morgan fingerprint density at radius 1 is 1.18 bits per heavy atom. The van der Waals surface area contributed by atoms with Crippen LogP contribution in [0, 0.1) is 25.7 Å². The van der Waals surface area contributed by atoms with Crippen molar-refractivity contribution in [1.82, 2.24) is 15.5 Å². The Hall–Kier alpha value is -2.37. The fraction of sp³-hybridized carbons (Fsp3) is 0.591. The SMILES string of the molecule is COc1ccc(C(CC(=O)NC(CC(C)C)c2nnc(C)o2)C(C)C)cc1C. The van der Waals surface area contributed by atoms with Gasteiger partial charge in [0.05, 0.1) is 7.11 Å². The minimum absolute atomic E-state index is 0.00586. The molecule has 2 rings (SSSR count). The summed E-state index contributed by atoms with van der Waals surface area (Å²) in [5, 5.41) is 11.1. The van der Waals surface area contributed by atoms with Crippen LogP contribution in [0.1, 0.15) is 75.4 Å². The minimum Gasteiger partial charge on any atom is -0.496 e. The van der Waals surface area contributed by atoms with E-state index in [9.17, 15) is 4.79 Å². The summed E-state index contributed by atoms with van der Waals surface area (Å²) in [7, 11) is 1.67. The molecule has 154 valence electrons. The first-order valence-corrected chi connectivity index (χ1v) is 9.95. The van der Waals surface area contributed by atoms with Crippen molar-refractivity contribution in [2.24, 2.45) is 11.8 Å². The molecule has 6 nitrogen and oxygen atoms in total. The van der Waals surface area contributed by atoms with Crippen LogP contribution in [0.15, 0.2) is 22.6 Å². The maximum atomic E-state index is 12.9. The van der Waals surface area contributed by atoms with Crippen molar-refractivity contribution in [3.05, 3.63) is 41.1 Å².